The van der Waals surface area contributed by atoms with Crippen molar-refractivity contribution in [2.75, 3.05) is 0 Å². The van der Waals surface area contributed by atoms with E-state index in [0.29, 0.717) is 5.76 Å². The maximum absolute atomic E-state index is 13.1. The highest BCUT2D eigenvalue weighted by Gasteiger charge is 2.50. The summed E-state index contributed by atoms with van der Waals surface area (Å²) in [4.78, 5) is 13.1. The summed E-state index contributed by atoms with van der Waals surface area (Å²) in [6.07, 6.45) is 7.38. The molecule has 0 saturated heterocycles. The van der Waals surface area contributed by atoms with Crippen molar-refractivity contribution in [2.45, 2.75) is 38.0 Å². The van der Waals surface area contributed by atoms with Gasteiger partial charge in [0.15, 0.2) is 0 Å². The molecule has 1 aliphatic heterocycles. The lowest BCUT2D eigenvalue weighted by atomic mass is 9.62. The van der Waals surface area contributed by atoms with Crippen molar-refractivity contribution in [3.63, 3.8) is 0 Å². The van der Waals surface area contributed by atoms with Gasteiger partial charge in [0.1, 0.15) is 5.76 Å². The van der Waals surface area contributed by atoms with Gasteiger partial charge in [0.05, 0.1) is 5.41 Å². The molecule has 25 heavy (non-hydrogen) atoms. The number of hydrogen-bond acceptors (Lipinski definition) is 2. The van der Waals surface area contributed by atoms with Crippen molar-refractivity contribution in [1.29, 1.82) is 0 Å². The molecular weight excluding hydrogens is 376 g/mol. The van der Waals surface area contributed by atoms with Crippen LogP contribution < -0.4 is 0 Å². The van der Waals surface area contributed by atoms with Gasteiger partial charge in [0.2, 0.25) is 0 Å². The summed E-state index contributed by atoms with van der Waals surface area (Å²) in [5, 5.41) is 0. The van der Waals surface area contributed by atoms with Crippen LogP contribution in [-0.2, 0) is 9.53 Å². The molecule has 1 saturated carbocycles. The Bertz CT molecular complexity index is 787. The van der Waals surface area contributed by atoms with Crippen LogP contribution in [0.3, 0.4) is 0 Å². The minimum atomic E-state index is -0.412. The number of esters is 1. The average molecular weight is 397 g/mol. The molecule has 0 radical (unpaired) electrons. The maximum atomic E-state index is 13.1. The number of carbonyl (C=O) groups is 1. The summed E-state index contributed by atoms with van der Waals surface area (Å²) in [6.45, 7) is 0. The monoisotopic (exact) mass is 396 g/mol. The third-order valence-corrected chi connectivity index (χ3v) is 6.08. The van der Waals surface area contributed by atoms with Crippen molar-refractivity contribution in [2.24, 2.45) is 5.41 Å². The van der Waals surface area contributed by atoms with Gasteiger partial charge in [-0.05, 0) is 36.6 Å². The second-order valence-corrected chi connectivity index (χ2v) is 7.95. The molecular formula is C22H21BrO2. The van der Waals surface area contributed by atoms with Crippen LogP contribution in [-0.4, -0.2) is 5.97 Å². The largest absolute Gasteiger partial charge is 0.426 e. The summed E-state index contributed by atoms with van der Waals surface area (Å²) in [5.41, 5.74) is 1.74. The highest BCUT2D eigenvalue weighted by atomic mass is 79.9. The molecule has 0 N–H and O–H groups in total. The Morgan fingerprint density at radius 2 is 1.60 bits per heavy atom. The van der Waals surface area contributed by atoms with Crippen LogP contribution in [0.1, 0.15) is 49.1 Å². The van der Waals surface area contributed by atoms with Crippen LogP contribution in [0.15, 0.2) is 65.1 Å². The Balaban J connectivity index is 1.82. The fraction of sp³-hybridized carbons (Fsp3) is 0.318. The van der Waals surface area contributed by atoms with Crippen LogP contribution in [0.4, 0.5) is 0 Å². The number of halogens is 1. The van der Waals surface area contributed by atoms with E-state index in [4.69, 9.17) is 4.74 Å². The number of carbonyl (C=O) groups excluding carboxylic acids is 1. The SMILES string of the molecule is O=C1OC(c2ccccc2)=CC(c2ccc(Br)cc2)C12CCCCC2. The van der Waals surface area contributed by atoms with E-state index in [1.165, 1.54) is 12.0 Å². The van der Waals surface area contributed by atoms with Crippen LogP contribution >= 0.6 is 15.9 Å². The van der Waals surface area contributed by atoms with E-state index in [9.17, 15) is 4.79 Å². The Kier molecular flexibility index (Phi) is 4.51. The van der Waals surface area contributed by atoms with E-state index in [2.05, 4.69) is 46.3 Å². The fourth-order valence-electron chi connectivity index (χ4n) is 4.21. The first-order chi connectivity index (χ1) is 12.2. The second kappa shape index (κ2) is 6.80. The lowest BCUT2D eigenvalue weighted by molar-refractivity contribution is -0.153. The molecule has 1 aliphatic carbocycles. The molecule has 1 unspecified atom stereocenters. The van der Waals surface area contributed by atoms with Crippen molar-refractivity contribution < 1.29 is 9.53 Å². The molecule has 2 aromatic carbocycles. The van der Waals surface area contributed by atoms with E-state index in [1.807, 2.05) is 30.3 Å². The lowest BCUT2D eigenvalue weighted by Crippen LogP contribution is -2.42. The Hall–Kier alpha value is -1.87. The van der Waals surface area contributed by atoms with E-state index >= 15 is 0 Å². The van der Waals surface area contributed by atoms with Gasteiger partial charge < -0.3 is 4.74 Å². The van der Waals surface area contributed by atoms with Crippen molar-refractivity contribution >= 4 is 27.7 Å². The van der Waals surface area contributed by atoms with Crippen LogP contribution in [0, 0.1) is 5.41 Å². The van der Waals surface area contributed by atoms with E-state index < -0.39 is 5.41 Å². The number of allylic oxidation sites excluding steroid dienone is 1. The highest BCUT2D eigenvalue weighted by molar-refractivity contribution is 9.10. The Morgan fingerprint density at radius 1 is 0.920 bits per heavy atom. The molecule has 1 heterocycles. The van der Waals surface area contributed by atoms with Crippen LogP contribution in [0.5, 0.6) is 0 Å². The van der Waals surface area contributed by atoms with Gasteiger partial charge in [0.25, 0.3) is 0 Å². The summed E-state index contributed by atoms with van der Waals surface area (Å²) in [5.74, 6) is 0.702. The highest BCUT2D eigenvalue weighted by Crippen LogP contribution is 2.52. The average Bonchev–Trinajstić information content (AvgIpc) is 2.66. The third kappa shape index (κ3) is 3.06. The molecule has 1 atom stereocenters. The number of hydrogen-bond donors (Lipinski definition) is 0. The molecule has 2 aliphatic rings. The summed E-state index contributed by atoms with van der Waals surface area (Å²) >= 11 is 3.51. The minimum absolute atomic E-state index is 0.0542. The van der Waals surface area contributed by atoms with E-state index in [1.54, 1.807) is 0 Å². The predicted octanol–water partition coefficient (Wildman–Crippen LogP) is 6.08. The molecule has 0 amide bonds. The topological polar surface area (TPSA) is 26.3 Å². The first-order valence-corrected chi connectivity index (χ1v) is 9.73. The first kappa shape index (κ1) is 16.6. The third-order valence-electron chi connectivity index (χ3n) is 5.56. The standard InChI is InChI=1S/C22H21BrO2/c23-18-11-9-16(10-12-18)19-15-20(17-7-3-1-4-8-17)25-21(24)22(19)13-5-2-6-14-22/h1,3-4,7-12,15,19H,2,5-6,13-14H2. The van der Waals surface area contributed by atoms with E-state index in [-0.39, 0.29) is 11.9 Å². The first-order valence-electron chi connectivity index (χ1n) is 8.94. The Labute approximate surface area is 157 Å². The summed E-state index contributed by atoms with van der Waals surface area (Å²) < 4.78 is 6.91. The molecule has 0 bridgehead atoms. The molecule has 2 aromatic rings. The minimum Gasteiger partial charge on any atom is -0.426 e. The van der Waals surface area contributed by atoms with Crippen molar-refractivity contribution in [3.05, 3.63) is 76.3 Å². The predicted molar refractivity (Wildman–Crippen MR) is 103 cm³/mol. The second-order valence-electron chi connectivity index (χ2n) is 7.03. The van der Waals surface area contributed by atoms with Gasteiger partial charge in [-0.3, -0.25) is 4.79 Å². The lowest BCUT2D eigenvalue weighted by Gasteiger charge is -2.43. The molecule has 1 fully saturated rings. The zero-order valence-electron chi connectivity index (χ0n) is 14.1. The molecule has 3 heteroatoms. The van der Waals surface area contributed by atoms with Crippen LogP contribution in [0.25, 0.3) is 5.76 Å². The molecule has 128 valence electrons. The zero-order valence-corrected chi connectivity index (χ0v) is 15.7. The zero-order chi connectivity index (χ0) is 17.3. The maximum Gasteiger partial charge on any atom is 0.318 e. The number of ether oxygens (including phenoxy) is 1. The fourth-order valence-corrected chi connectivity index (χ4v) is 4.48. The van der Waals surface area contributed by atoms with Gasteiger partial charge in [-0.15, -0.1) is 0 Å². The van der Waals surface area contributed by atoms with Gasteiger partial charge in [-0.1, -0.05) is 77.7 Å². The quantitative estimate of drug-likeness (QED) is 0.574. The number of cyclic esters (lactones) is 1. The number of rotatable bonds is 2. The smallest absolute Gasteiger partial charge is 0.318 e. The molecule has 2 nitrogen and oxygen atoms in total. The normalized spacial score (nSPS) is 22.4. The van der Waals surface area contributed by atoms with Gasteiger partial charge in [0, 0.05) is 16.0 Å². The molecule has 4 rings (SSSR count). The number of benzene rings is 2. The van der Waals surface area contributed by atoms with Gasteiger partial charge in [-0.2, -0.15) is 0 Å². The summed E-state index contributed by atoms with van der Waals surface area (Å²) in [7, 11) is 0. The van der Waals surface area contributed by atoms with Crippen molar-refractivity contribution in [3.8, 4) is 0 Å². The molecule has 0 aromatic heterocycles. The Morgan fingerprint density at radius 3 is 2.28 bits per heavy atom. The van der Waals surface area contributed by atoms with Gasteiger partial charge in [-0.25, -0.2) is 0 Å². The van der Waals surface area contributed by atoms with Crippen LogP contribution in [0.2, 0.25) is 0 Å². The van der Waals surface area contributed by atoms with Crippen molar-refractivity contribution in [1.82, 2.24) is 0 Å². The molecule has 1 spiro atoms. The van der Waals surface area contributed by atoms with Gasteiger partial charge >= 0.3 is 5.97 Å². The summed E-state index contributed by atoms with van der Waals surface area (Å²) in [6, 6.07) is 18.3. The van der Waals surface area contributed by atoms with E-state index in [0.717, 1.165) is 35.7 Å².